The molecule has 1 saturated heterocycles. The Morgan fingerprint density at radius 2 is 2.21 bits per heavy atom. The lowest BCUT2D eigenvalue weighted by Gasteiger charge is -2.20. The van der Waals surface area contributed by atoms with Crippen LogP contribution in [-0.2, 0) is 6.54 Å². The summed E-state index contributed by atoms with van der Waals surface area (Å²) in [4.78, 5) is 28.0. The van der Waals surface area contributed by atoms with E-state index < -0.39 is 0 Å². The second-order valence-corrected chi connectivity index (χ2v) is 7.02. The smallest absolute Gasteiger partial charge is 0.272 e. The summed E-state index contributed by atoms with van der Waals surface area (Å²) in [7, 11) is 0. The van der Waals surface area contributed by atoms with Crippen molar-refractivity contribution in [1.82, 2.24) is 34.6 Å². The zero-order chi connectivity index (χ0) is 19.1. The molecule has 0 spiro atoms. The van der Waals surface area contributed by atoms with Gasteiger partial charge in [-0.3, -0.25) is 19.8 Å². The number of hydrogen-bond acceptors (Lipinski definition) is 7. The van der Waals surface area contributed by atoms with E-state index in [0.29, 0.717) is 29.6 Å². The van der Waals surface area contributed by atoms with Gasteiger partial charge in [0.2, 0.25) is 11.7 Å². The van der Waals surface area contributed by atoms with E-state index in [9.17, 15) is 4.79 Å². The Balaban J connectivity index is 1.40. The minimum absolute atomic E-state index is 0.0122. The molecule has 1 fully saturated rings. The minimum Gasteiger partial charge on any atom is -0.337 e. The van der Waals surface area contributed by atoms with Gasteiger partial charge in [-0.1, -0.05) is 11.2 Å². The first-order chi connectivity index (χ1) is 13.7. The van der Waals surface area contributed by atoms with Gasteiger partial charge in [0, 0.05) is 30.6 Å². The molecular formula is C19H19N7O2. The number of pyridine rings is 1. The van der Waals surface area contributed by atoms with E-state index in [1.165, 1.54) is 4.52 Å². The van der Waals surface area contributed by atoms with Crippen molar-refractivity contribution < 1.29 is 4.52 Å². The second-order valence-electron chi connectivity index (χ2n) is 7.02. The molecule has 9 heteroatoms. The number of fused-ring (bicyclic) bond motifs is 1. The van der Waals surface area contributed by atoms with Crippen LogP contribution in [0.2, 0.25) is 0 Å². The van der Waals surface area contributed by atoms with E-state index in [0.717, 1.165) is 30.8 Å². The molecule has 0 bridgehead atoms. The summed E-state index contributed by atoms with van der Waals surface area (Å²) >= 11 is 0. The quantitative estimate of drug-likeness (QED) is 0.581. The van der Waals surface area contributed by atoms with Crippen molar-refractivity contribution in [3.63, 3.8) is 0 Å². The predicted octanol–water partition coefficient (Wildman–Crippen LogP) is 2.11. The van der Waals surface area contributed by atoms with Crippen LogP contribution in [0.4, 0.5) is 0 Å². The van der Waals surface area contributed by atoms with Crippen LogP contribution in [-0.4, -0.2) is 41.2 Å². The highest BCUT2D eigenvalue weighted by molar-refractivity contribution is 5.47. The normalized spacial score (nSPS) is 17.5. The Morgan fingerprint density at radius 3 is 3.07 bits per heavy atom. The third kappa shape index (κ3) is 2.99. The molecule has 4 aromatic rings. The van der Waals surface area contributed by atoms with E-state index in [4.69, 9.17) is 4.52 Å². The van der Waals surface area contributed by atoms with Gasteiger partial charge < -0.3 is 4.52 Å². The van der Waals surface area contributed by atoms with Crippen molar-refractivity contribution in [3.05, 3.63) is 64.2 Å². The van der Waals surface area contributed by atoms with Gasteiger partial charge in [-0.25, -0.2) is 9.50 Å². The highest BCUT2D eigenvalue weighted by Gasteiger charge is 2.31. The topological polar surface area (TPSA) is 105 Å². The van der Waals surface area contributed by atoms with Crippen molar-refractivity contribution in [3.8, 4) is 11.5 Å². The third-order valence-corrected chi connectivity index (χ3v) is 4.98. The molecule has 0 unspecified atom stereocenters. The van der Waals surface area contributed by atoms with Gasteiger partial charge >= 0.3 is 0 Å². The summed E-state index contributed by atoms with van der Waals surface area (Å²) in [5.74, 6) is 1.07. The van der Waals surface area contributed by atoms with E-state index in [1.54, 1.807) is 12.3 Å². The molecule has 0 amide bonds. The van der Waals surface area contributed by atoms with Crippen molar-refractivity contribution >= 4 is 5.65 Å². The maximum Gasteiger partial charge on any atom is 0.272 e. The first-order valence-electron chi connectivity index (χ1n) is 9.25. The summed E-state index contributed by atoms with van der Waals surface area (Å²) in [6, 6.07) is 9.05. The van der Waals surface area contributed by atoms with Crippen molar-refractivity contribution in [2.24, 2.45) is 0 Å². The number of rotatable bonds is 4. The number of aryl methyl sites for hydroxylation is 1. The van der Waals surface area contributed by atoms with Crippen LogP contribution in [0.5, 0.6) is 0 Å². The third-order valence-electron chi connectivity index (χ3n) is 4.98. The van der Waals surface area contributed by atoms with Gasteiger partial charge in [0.25, 0.3) is 5.56 Å². The van der Waals surface area contributed by atoms with Gasteiger partial charge in [-0.05, 0) is 38.4 Å². The molecule has 0 aliphatic carbocycles. The van der Waals surface area contributed by atoms with Crippen LogP contribution in [0.1, 0.15) is 36.2 Å². The lowest BCUT2D eigenvalue weighted by Crippen LogP contribution is -2.25. The number of hydrogen-bond donors (Lipinski definition) is 1. The molecular weight excluding hydrogens is 358 g/mol. The molecule has 4 aromatic heterocycles. The van der Waals surface area contributed by atoms with Gasteiger partial charge in [0.05, 0.1) is 11.7 Å². The molecule has 0 radical (unpaired) electrons. The van der Waals surface area contributed by atoms with Gasteiger partial charge in [-0.2, -0.15) is 4.98 Å². The summed E-state index contributed by atoms with van der Waals surface area (Å²) in [5, 5.41) is 7.07. The number of nitrogens with one attached hydrogen (secondary N) is 1. The number of aromatic amines is 1. The molecule has 5 rings (SSSR count). The monoisotopic (exact) mass is 377 g/mol. The second kappa shape index (κ2) is 6.68. The average molecular weight is 377 g/mol. The van der Waals surface area contributed by atoms with Gasteiger partial charge in [0.1, 0.15) is 5.69 Å². The van der Waals surface area contributed by atoms with E-state index >= 15 is 0 Å². The van der Waals surface area contributed by atoms with Crippen molar-refractivity contribution in [1.29, 1.82) is 0 Å². The van der Waals surface area contributed by atoms with E-state index in [1.807, 2.05) is 31.2 Å². The predicted molar refractivity (Wildman–Crippen MR) is 100 cm³/mol. The van der Waals surface area contributed by atoms with Crippen LogP contribution in [0.3, 0.4) is 0 Å². The van der Waals surface area contributed by atoms with Crippen LogP contribution in [0.25, 0.3) is 17.2 Å². The van der Waals surface area contributed by atoms with Crippen LogP contribution >= 0.6 is 0 Å². The average Bonchev–Trinajstić information content (AvgIpc) is 3.41. The van der Waals surface area contributed by atoms with Crippen LogP contribution in [0, 0.1) is 6.92 Å². The zero-order valence-corrected chi connectivity index (χ0v) is 15.4. The van der Waals surface area contributed by atoms with Crippen LogP contribution < -0.4 is 5.56 Å². The summed E-state index contributed by atoms with van der Waals surface area (Å²) in [5.41, 5.74) is 2.84. The summed E-state index contributed by atoms with van der Waals surface area (Å²) in [6.07, 6.45) is 3.65. The number of nitrogens with zero attached hydrogens (tertiary/aromatic N) is 6. The molecule has 1 aliphatic heterocycles. The fourth-order valence-corrected chi connectivity index (χ4v) is 3.71. The fourth-order valence-electron chi connectivity index (χ4n) is 3.71. The number of likely N-dealkylation sites (tertiary alicyclic amines) is 1. The molecule has 0 aromatic carbocycles. The molecule has 1 N–H and O–H groups in total. The van der Waals surface area contributed by atoms with Crippen molar-refractivity contribution in [2.75, 3.05) is 6.54 Å². The summed E-state index contributed by atoms with van der Waals surface area (Å²) in [6.45, 7) is 3.35. The maximum absolute atomic E-state index is 12.3. The SMILES string of the molecule is Cc1cc2nc(CN3CCC[C@@H]3c3nc(-c4ccccn4)no3)cc(=O)n2[nH]1. The highest BCUT2D eigenvalue weighted by atomic mass is 16.5. The van der Waals surface area contributed by atoms with E-state index in [-0.39, 0.29) is 11.6 Å². The zero-order valence-electron chi connectivity index (χ0n) is 15.4. The van der Waals surface area contributed by atoms with Crippen LogP contribution in [0.15, 0.2) is 45.8 Å². The van der Waals surface area contributed by atoms with E-state index in [2.05, 4.69) is 30.1 Å². The summed E-state index contributed by atoms with van der Waals surface area (Å²) < 4.78 is 6.99. The Bertz CT molecular complexity index is 1180. The van der Waals surface area contributed by atoms with Gasteiger partial charge in [-0.15, -0.1) is 0 Å². The standard InChI is InChI=1S/C19H19N7O2/c1-12-9-16-21-13(10-17(27)26(16)23-12)11-25-8-4-6-15(25)19-22-18(24-28-19)14-5-2-3-7-20-14/h2-3,5,7,9-10,15,23H,4,6,8,11H2,1H3/t15-/m1/s1. The molecule has 1 aliphatic rings. The first-order valence-corrected chi connectivity index (χ1v) is 9.25. The largest absolute Gasteiger partial charge is 0.337 e. The minimum atomic E-state index is -0.112. The molecule has 28 heavy (non-hydrogen) atoms. The molecule has 5 heterocycles. The molecule has 0 saturated carbocycles. The maximum atomic E-state index is 12.3. The lowest BCUT2D eigenvalue weighted by atomic mass is 10.2. The first kappa shape index (κ1) is 16.8. The Hall–Kier alpha value is -3.33. The Kier molecular flexibility index (Phi) is 4.01. The van der Waals surface area contributed by atoms with Gasteiger partial charge in [0.15, 0.2) is 5.65 Å². The Morgan fingerprint density at radius 1 is 1.29 bits per heavy atom. The molecule has 1 atom stereocenters. The highest BCUT2D eigenvalue weighted by Crippen LogP contribution is 2.32. The Labute approximate surface area is 160 Å². The number of H-pyrrole nitrogens is 1. The molecule has 142 valence electrons. The lowest BCUT2D eigenvalue weighted by molar-refractivity contribution is 0.199. The molecule has 9 nitrogen and oxygen atoms in total. The van der Waals surface area contributed by atoms with Crippen molar-refractivity contribution in [2.45, 2.75) is 32.4 Å². The fraction of sp³-hybridized carbons (Fsp3) is 0.316. The number of aromatic nitrogens is 6.